The Balaban J connectivity index is 1.31. The first kappa shape index (κ1) is 20.5. The van der Waals surface area contributed by atoms with E-state index < -0.39 is 0 Å². The van der Waals surface area contributed by atoms with Crippen LogP contribution in [0.15, 0.2) is 33.9 Å². The number of hydrogen-bond donors (Lipinski definition) is 0. The molecule has 0 spiro atoms. The van der Waals surface area contributed by atoms with Gasteiger partial charge in [0.05, 0.1) is 18.4 Å². The Bertz CT molecular complexity index is 990. The monoisotopic (exact) mass is 440 g/mol. The highest BCUT2D eigenvalue weighted by Crippen LogP contribution is 2.29. The lowest BCUT2D eigenvalue weighted by atomic mass is 10.1. The van der Waals surface area contributed by atoms with E-state index in [2.05, 4.69) is 36.7 Å². The van der Waals surface area contributed by atoms with Crippen LogP contribution in [0.5, 0.6) is 0 Å². The molecule has 2 aromatic heterocycles. The Morgan fingerprint density at radius 3 is 2.68 bits per heavy atom. The molecule has 4 heterocycles. The molecule has 9 heteroatoms. The van der Waals surface area contributed by atoms with Crippen molar-refractivity contribution in [2.75, 3.05) is 24.6 Å². The van der Waals surface area contributed by atoms with E-state index in [-0.39, 0.29) is 6.10 Å². The van der Waals surface area contributed by atoms with Crippen LogP contribution in [0.2, 0.25) is 0 Å². The third-order valence-corrected chi connectivity index (χ3v) is 6.81. The Morgan fingerprint density at radius 2 is 1.90 bits per heavy atom. The van der Waals surface area contributed by atoms with Gasteiger partial charge in [0.1, 0.15) is 0 Å². The van der Waals surface area contributed by atoms with E-state index in [1.54, 1.807) is 11.8 Å². The summed E-state index contributed by atoms with van der Waals surface area (Å²) in [6.45, 7) is 5.78. The molecule has 1 unspecified atom stereocenters. The van der Waals surface area contributed by atoms with Gasteiger partial charge in [0, 0.05) is 25.3 Å². The van der Waals surface area contributed by atoms with Gasteiger partial charge in [-0.05, 0) is 51.2 Å². The van der Waals surface area contributed by atoms with Gasteiger partial charge in [0.2, 0.25) is 5.95 Å². The molecule has 0 saturated carbocycles. The summed E-state index contributed by atoms with van der Waals surface area (Å²) in [5.74, 6) is 2.75. The summed E-state index contributed by atoms with van der Waals surface area (Å²) >= 11 is 1.60. The third kappa shape index (κ3) is 4.77. The molecule has 2 aliphatic rings. The van der Waals surface area contributed by atoms with Crippen LogP contribution < -0.4 is 4.90 Å². The van der Waals surface area contributed by atoms with Gasteiger partial charge in [-0.3, -0.25) is 4.57 Å². The highest BCUT2D eigenvalue weighted by molar-refractivity contribution is 7.98. The van der Waals surface area contributed by atoms with E-state index in [1.165, 1.54) is 24.8 Å². The van der Waals surface area contributed by atoms with Crippen LogP contribution in [-0.2, 0) is 17.0 Å². The van der Waals surface area contributed by atoms with Crippen LogP contribution in [-0.4, -0.2) is 50.7 Å². The maximum Gasteiger partial charge on any atom is 0.257 e. The summed E-state index contributed by atoms with van der Waals surface area (Å²) in [6.07, 6.45) is 6.15. The number of aromatic nitrogens is 5. The minimum Gasteiger partial charge on any atom is -0.376 e. The molecule has 31 heavy (non-hydrogen) atoms. The number of thioether (sulfide) groups is 1. The summed E-state index contributed by atoms with van der Waals surface area (Å²) in [5.41, 5.74) is 2.14. The molecule has 0 radical (unpaired) electrons. The summed E-state index contributed by atoms with van der Waals surface area (Å²) in [4.78, 5) is 6.92. The topological polar surface area (TPSA) is 82.1 Å². The minimum absolute atomic E-state index is 0.234. The second kappa shape index (κ2) is 9.40. The summed E-state index contributed by atoms with van der Waals surface area (Å²) in [6, 6.07) is 8.10. The molecule has 0 bridgehead atoms. The average molecular weight is 441 g/mol. The van der Waals surface area contributed by atoms with Crippen LogP contribution in [0.25, 0.3) is 11.5 Å². The van der Waals surface area contributed by atoms with Crippen molar-refractivity contribution >= 4 is 17.7 Å². The number of nitrogens with zero attached hydrogens (tertiary/aromatic N) is 6. The van der Waals surface area contributed by atoms with Gasteiger partial charge >= 0.3 is 0 Å². The molecule has 2 aliphatic heterocycles. The fourth-order valence-corrected chi connectivity index (χ4v) is 4.91. The highest BCUT2D eigenvalue weighted by Gasteiger charge is 2.25. The lowest BCUT2D eigenvalue weighted by molar-refractivity contribution is 0.0951. The van der Waals surface area contributed by atoms with Crippen LogP contribution >= 0.6 is 11.8 Å². The lowest BCUT2D eigenvalue weighted by Crippen LogP contribution is -2.33. The molecule has 5 rings (SSSR count). The average Bonchev–Trinajstić information content (AvgIpc) is 3.56. The van der Waals surface area contributed by atoms with Gasteiger partial charge < -0.3 is 14.2 Å². The quantitative estimate of drug-likeness (QED) is 0.508. The molecule has 0 aliphatic carbocycles. The first-order valence-corrected chi connectivity index (χ1v) is 12.1. The van der Waals surface area contributed by atoms with Gasteiger partial charge in [-0.1, -0.05) is 34.6 Å². The van der Waals surface area contributed by atoms with E-state index in [9.17, 15) is 0 Å². The standard InChI is InChI=1S/C22H28N6O2S/c1-16-7-9-17(10-8-16)20-23-19(26-30-20)15-31-22-25-24-21(27-11-3-2-4-12-27)28(22)14-18-6-5-13-29-18/h7-10,18H,2-6,11-15H2,1H3. The van der Waals surface area contributed by atoms with Crippen LogP contribution in [0.3, 0.4) is 0 Å². The fourth-order valence-electron chi connectivity index (χ4n) is 4.12. The van der Waals surface area contributed by atoms with Gasteiger partial charge in [-0.25, -0.2) is 0 Å². The molecule has 1 atom stereocenters. The van der Waals surface area contributed by atoms with Crippen molar-refractivity contribution in [2.45, 2.75) is 62.6 Å². The Hall–Kier alpha value is -2.39. The minimum atomic E-state index is 0.234. The molecule has 2 saturated heterocycles. The largest absolute Gasteiger partial charge is 0.376 e. The van der Waals surface area contributed by atoms with Crippen molar-refractivity contribution in [3.63, 3.8) is 0 Å². The number of ether oxygens (including phenoxy) is 1. The number of rotatable bonds is 7. The third-order valence-electron chi connectivity index (χ3n) is 5.84. The Kier molecular flexibility index (Phi) is 6.22. The number of aryl methyl sites for hydroxylation is 1. The van der Waals surface area contributed by atoms with Crippen molar-refractivity contribution < 1.29 is 9.26 Å². The maximum atomic E-state index is 5.90. The van der Waals surface area contributed by atoms with Gasteiger partial charge in [-0.2, -0.15) is 4.98 Å². The van der Waals surface area contributed by atoms with Crippen molar-refractivity contribution in [3.8, 4) is 11.5 Å². The van der Waals surface area contributed by atoms with Crippen molar-refractivity contribution in [3.05, 3.63) is 35.7 Å². The predicted octanol–water partition coefficient (Wildman–Crippen LogP) is 4.10. The second-order valence-electron chi connectivity index (χ2n) is 8.25. The fraction of sp³-hybridized carbons (Fsp3) is 0.545. The van der Waals surface area contributed by atoms with Crippen molar-refractivity contribution in [2.24, 2.45) is 0 Å². The van der Waals surface area contributed by atoms with E-state index >= 15 is 0 Å². The van der Waals surface area contributed by atoms with Gasteiger partial charge in [-0.15, -0.1) is 10.2 Å². The van der Waals surface area contributed by atoms with Gasteiger partial charge in [0.25, 0.3) is 5.89 Å². The number of piperidine rings is 1. The molecule has 3 aromatic rings. The summed E-state index contributed by atoms with van der Waals surface area (Å²) in [5, 5.41) is 14.1. The first-order valence-electron chi connectivity index (χ1n) is 11.1. The zero-order valence-electron chi connectivity index (χ0n) is 17.9. The zero-order valence-corrected chi connectivity index (χ0v) is 18.7. The molecule has 2 fully saturated rings. The molecule has 0 amide bonds. The predicted molar refractivity (Wildman–Crippen MR) is 119 cm³/mol. The molecular weight excluding hydrogens is 412 g/mol. The first-order chi connectivity index (χ1) is 15.3. The van der Waals surface area contributed by atoms with E-state index in [1.807, 2.05) is 24.3 Å². The molecule has 1 aromatic carbocycles. The summed E-state index contributed by atoms with van der Waals surface area (Å²) < 4.78 is 13.6. The second-order valence-corrected chi connectivity index (χ2v) is 9.19. The molecule has 8 nitrogen and oxygen atoms in total. The molecule has 0 N–H and O–H groups in total. The molecular formula is C22H28N6O2S. The smallest absolute Gasteiger partial charge is 0.257 e. The zero-order chi connectivity index (χ0) is 21.0. The van der Waals surface area contributed by atoms with Crippen molar-refractivity contribution in [1.82, 2.24) is 24.9 Å². The maximum absolute atomic E-state index is 5.90. The lowest BCUT2D eigenvalue weighted by Gasteiger charge is -2.28. The normalized spacial score (nSPS) is 19.3. The van der Waals surface area contributed by atoms with Crippen LogP contribution in [0, 0.1) is 6.92 Å². The van der Waals surface area contributed by atoms with Crippen LogP contribution in [0.4, 0.5) is 5.95 Å². The number of hydrogen-bond acceptors (Lipinski definition) is 8. The van der Waals surface area contributed by atoms with Gasteiger partial charge in [0.15, 0.2) is 11.0 Å². The number of anilines is 1. The van der Waals surface area contributed by atoms with Crippen LogP contribution in [0.1, 0.15) is 43.5 Å². The number of benzene rings is 1. The Labute approximate surface area is 186 Å². The van der Waals surface area contributed by atoms with Crippen molar-refractivity contribution in [1.29, 1.82) is 0 Å². The Morgan fingerprint density at radius 1 is 1.06 bits per heavy atom. The van der Waals surface area contributed by atoms with E-state index in [0.29, 0.717) is 17.5 Å². The summed E-state index contributed by atoms with van der Waals surface area (Å²) in [7, 11) is 0. The highest BCUT2D eigenvalue weighted by atomic mass is 32.2. The molecule has 164 valence electrons. The SMILES string of the molecule is Cc1ccc(-c2nc(CSc3nnc(N4CCCCC4)n3CC3CCCO3)no2)cc1. The van der Waals surface area contributed by atoms with E-state index in [0.717, 1.165) is 55.8 Å². The van der Waals surface area contributed by atoms with E-state index in [4.69, 9.17) is 9.26 Å².